The maximum atomic E-state index is 6.28. The fourth-order valence-corrected chi connectivity index (χ4v) is 4.34. The second-order valence-electron chi connectivity index (χ2n) is 4.08. The van der Waals surface area contributed by atoms with Gasteiger partial charge in [-0.2, -0.15) is 0 Å². The molecular formula is C13H6BrCl3N2OS. The van der Waals surface area contributed by atoms with Crippen molar-refractivity contribution in [1.29, 1.82) is 0 Å². The van der Waals surface area contributed by atoms with Crippen molar-refractivity contribution in [2.24, 2.45) is 0 Å². The molecule has 8 heteroatoms. The van der Waals surface area contributed by atoms with E-state index >= 15 is 0 Å². The normalized spacial score (nSPS) is 11.1. The van der Waals surface area contributed by atoms with Gasteiger partial charge in [-0.05, 0) is 28.1 Å². The number of methoxy groups -OCH3 is 1. The van der Waals surface area contributed by atoms with Crippen LogP contribution in [-0.2, 0) is 0 Å². The molecule has 0 aliphatic rings. The summed E-state index contributed by atoms with van der Waals surface area (Å²) in [4.78, 5) is 8.82. The van der Waals surface area contributed by atoms with Crippen molar-refractivity contribution >= 4 is 73.0 Å². The standard InChI is InChI=1S/C13H6BrCl3N2OS/c1-20-5-2-7(14)10-8(3-5)18-13(19-11(10)16)6-4-9(15)21-12(6)17/h2-4H,1H3. The molecule has 108 valence electrons. The molecule has 0 aliphatic carbocycles. The van der Waals surface area contributed by atoms with Crippen LogP contribution in [0.4, 0.5) is 0 Å². The number of hydrogen-bond acceptors (Lipinski definition) is 4. The molecule has 0 saturated heterocycles. The number of thiophene rings is 1. The third-order valence-corrected chi connectivity index (χ3v) is 5.20. The van der Waals surface area contributed by atoms with Crippen LogP contribution < -0.4 is 4.74 Å². The number of hydrogen-bond donors (Lipinski definition) is 0. The number of fused-ring (bicyclic) bond motifs is 1. The Morgan fingerprint density at radius 2 is 1.90 bits per heavy atom. The van der Waals surface area contributed by atoms with Crippen LogP contribution in [-0.4, -0.2) is 17.1 Å². The molecule has 0 N–H and O–H groups in total. The van der Waals surface area contributed by atoms with Gasteiger partial charge in [0.1, 0.15) is 15.2 Å². The van der Waals surface area contributed by atoms with E-state index in [9.17, 15) is 0 Å². The summed E-state index contributed by atoms with van der Waals surface area (Å²) in [5.41, 5.74) is 1.32. The number of nitrogens with zero attached hydrogens (tertiary/aromatic N) is 2. The van der Waals surface area contributed by atoms with Crippen molar-refractivity contribution in [1.82, 2.24) is 9.97 Å². The zero-order valence-corrected chi connectivity index (χ0v) is 15.1. The Kier molecular flexibility index (Phi) is 4.30. The Labute approximate surface area is 148 Å². The van der Waals surface area contributed by atoms with E-state index < -0.39 is 0 Å². The molecule has 0 radical (unpaired) electrons. The first kappa shape index (κ1) is 15.3. The first-order chi connectivity index (χ1) is 9.99. The molecule has 0 aliphatic heterocycles. The summed E-state index contributed by atoms with van der Waals surface area (Å²) in [6, 6.07) is 5.33. The van der Waals surface area contributed by atoms with Gasteiger partial charge in [-0.25, -0.2) is 9.97 Å². The molecule has 2 aromatic heterocycles. The van der Waals surface area contributed by atoms with Gasteiger partial charge in [0.15, 0.2) is 5.82 Å². The van der Waals surface area contributed by atoms with Crippen LogP contribution >= 0.6 is 62.1 Å². The summed E-state index contributed by atoms with van der Waals surface area (Å²) in [5.74, 6) is 1.10. The molecule has 3 rings (SSSR count). The molecule has 0 saturated carbocycles. The SMILES string of the molecule is COc1cc(Br)c2c(Cl)nc(-c3cc(Cl)sc3Cl)nc2c1. The Morgan fingerprint density at radius 3 is 2.52 bits per heavy atom. The van der Waals surface area contributed by atoms with Crippen LogP contribution in [0.2, 0.25) is 13.8 Å². The van der Waals surface area contributed by atoms with Gasteiger partial charge in [-0.3, -0.25) is 0 Å². The summed E-state index contributed by atoms with van der Waals surface area (Å²) in [6.45, 7) is 0. The Balaban J connectivity index is 2.29. The van der Waals surface area contributed by atoms with E-state index in [0.717, 1.165) is 9.86 Å². The smallest absolute Gasteiger partial charge is 0.163 e. The Morgan fingerprint density at radius 1 is 1.14 bits per heavy atom. The largest absolute Gasteiger partial charge is 0.497 e. The fourth-order valence-electron chi connectivity index (χ4n) is 1.88. The third kappa shape index (κ3) is 2.85. The molecule has 0 fully saturated rings. The highest BCUT2D eigenvalue weighted by Crippen LogP contribution is 2.39. The second-order valence-corrected chi connectivity index (χ2v) is 7.58. The molecule has 0 bridgehead atoms. The van der Waals surface area contributed by atoms with Crippen molar-refractivity contribution in [2.45, 2.75) is 0 Å². The molecule has 2 heterocycles. The molecule has 3 nitrogen and oxygen atoms in total. The molecule has 0 unspecified atom stereocenters. The number of ether oxygens (including phenoxy) is 1. The van der Waals surface area contributed by atoms with Crippen molar-refractivity contribution in [3.63, 3.8) is 0 Å². The lowest BCUT2D eigenvalue weighted by molar-refractivity contribution is 0.415. The van der Waals surface area contributed by atoms with E-state index in [4.69, 9.17) is 39.5 Å². The summed E-state index contributed by atoms with van der Waals surface area (Å²) in [5, 5.41) is 1.06. The van der Waals surface area contributed by atoms with Gasteiger partial charge in [0, 0.05) is 10.5 Å². The highest BCUT2D eigenvalue weighted by molar-refractivity contribution is 9.10. The monoisotopic (exact) mass is 422 g/mol. The third-order valence-electron chi connectivity index (χ3n) is 2.81. The topological polar surface area (TPSA) is 35.0 Å². The van der Waals surface area contributed by atoms with Crippen LogP contribution in [0, 0.1) is 0 Å². The average molecular weight is 425 g/mol. The molecule has 3 aromatic rings. The van der Waals surface area contributed by atoms with Gasteiger partial charge < -0.3 is 4.74 Å². The van der Waals surface area contributed by atoms with Gasteiger partial charge >= 0.3 is 0 Å². The first-order valence-corrected chi connectivity index (χ1v) is 8.40. The highest BCUT2D eigenvalue weighted by Gasteiger charge is 2.16. The summed E-state index contributed by atoms with van der Waals surface area (Å²) in [7, 11) is 1.59. The lowest BCUT2D eigenvalue weighted by Gasteiger charge is -2.08. The van der Waals surface area contributed by atoms with Gasteiger partial charge in [0.25, 0.3) is 0 Å². The molecule has 21 heavy (non-hydrogen) atoms. The van der Waals surface area contributed by atoms with Crippen molar-refractivity contribution in [2.75, 3.05) is 7.11 Å². The van der Waals surface area contributed by atoms with Gasteiger partial charge in [-0.1, -0.05) is 34.8 Å². The first-order valence-electron chi connectivity index (χ1n) is 5.65. The minimum atomic E-state index is 0.336. The highest BCUT2D eigenvalue weighted by atomic mass is 79.9. The predicted octanol–water partition coefficient (Wildman–Crippen LogP) is 6.09. The van der Waals surface area contributed by atoms with Crippen LogP contribution in [0.25, 0.3) is 22.3 Å². The zero-order valence-electron chi connectivity index (χ0n) is 10.5. The number of aromatic nitrogens is 2. The molecule has 0 spiro atoms. The van der Waals surface area contributed by atoms with Crippen LogP contribution in [0.1, 0.15) is 0 Å². The lowest BCUT2D eigenvalue weighted by atomic mass is 10.2. The van der Waals surface area contributed by atoms with Gasteiger partial charge in [-0.15, -0.1) is 11.3 Å². The van der Waals surface area contributed by atoms with Gasteiger partial charge in [0.05, 0.1) is 27.9 Å². The Hall–Kier alpha value is -0.590. The van der Waals surface area contributed by atoms with E-state index in [2.05, 4.69) is 25.9 Å². The van der Waals surface area contributed by atoms with Crippen LogP contribution in [0.15, 0.2) is 22.7 Å². The summed E-state index contributed by atoms with van der Waals surface area (Å²) < 4.78 is 7.10. The van der Waals surface area contributed by atoms with E-state index in [-0.39, 0.29) is 0 Å². The minimum absolute atomic E-state index is 0.336. The molecule has 0 atom stereocenters. The molecule has 1 aromatic carbocycles. The van der Waals surface area contributed by atoms with E-state index in [1.807, 2.05) is 6.07 Å². The molecule has 0 amide bonds. The minimum Gasteiger partial charge on any atom is -0.497 e. The fraction of sp³-hybridized carbons (Fsp3) is 0.0769. The summed E-state index contributed by atoms with van der Waals surface area (Å²) >= 11 is 23.1. The number of halogens is 4. The van der Waals surface area contributed by atoms with Crippen molar-refractivity contribution < 1.29 is 4.74 Å². The number of benzene rings is 1. The van der Waals surface area contributed by atoms with E-state index in [1.165, 1.54) is 11.3 Å². The number of rotatable bonds is 2. The second kappa shape index (κ2) is 5.89. The van der Waals surface area contributed by atoms with E-state index in [1.54, 1.807) is 19.2 Å². The lowest BCUT2D eigenvalue weighted by Crippen LogP contribution is -1.93. The van der Waals surface area contributed by atoms with Crippen molar-refractivity contribution in [3.05, 3.63) is 36.5 Å². The van der Waals surface area contributed by atoms with Crippen LogP contribution in [0.3, 0.4) is 0 Å². The zero-order chi connectivity index (χ0) is 15.1. The molecular weight excluding hydrogens is 418 g/mol. The van der Waals surface area contributed by atoms with E-state index in [0.29, 0.717) is 36.5 Å². The average Bonchev–Trinajstić information content (AvgIpc) is 2.76. The van der Waals surface area contributed by atoms with Crippen LogP contribution in [0.5, 0.6) is 5.75 Å². The Bertz CT molecular complexity index is 853. The maximum absolute atomic E-state index is 6.28. The van der Waals surface area contributed by atoms with Crippen molar-refractivity contribution in [3.8, 4) is 17.1 Å². The quantitative estimate of drug-likeness (QED) is 0.467. The predicted molar refractivity (Wildman–Crippen MR) is 92.1 cm³/mol. The summed E-state index contributed by atoms with van der Waals surface area (Å²) in [6.07, 6.45) is 0. The maximum Gasteiger partial charge on any atom is 0.163 e. The van der Waals surface area contributed by atoms with Gasteiger partial charge in [0.2, 0.25) is 0 Å².